The van der Waals surface area contributed by atoms with Gasteiger partial charge in [-0.3, -0.25) is 14.4 Å². The molecule has 0 heterocycles. The molecule has 0 saturated heterocycles. The van der Waals surface area contributed by atoms with Crippen LogP contribution in [0.2, 0.25) is 0 Å². The Labute approximate surface area is 438 Å². The summed E-state index contributed by atoms with van der Waals surface area (Å²) < 4.78 is 16.9. The van der Waals surface area contributed by atoms with Gasteiger partial charge in [0.25, 0.3) is 0 Å². The molecule has 406 valence electrons. The topological polar surface area (TPSA) is 78.9 Å². The average Bonchev–Trinajstić information content (AvgIpc) is 3.37. The minimum absolute atomic E-state index is 0.0865. The first kappa shape index (κ1) is 67.3. The summed E-state index contributed by atoms with van der Waals surface area (Å²) in [6.07, 6.45) is 78.3. The zero-order chi connectivity index (χ0) is 51.4. The van der Waals surface area contributed by atoms with Crippen LogP contribution in [0.1, 0.15) is 278 Å². The molecule has 0 aromatic carbocycles. The van der Waals surface area contributed by atoms with Crippen molar-refractivity contribution in [3.05, 3.63) is 97.2 Å². The molecule has 0 amide bonds. The molecule has 1 unspecified atom stereocenters. The summed E-state index contributed by atoms with van der Waals surface area (Å²) in [6.45, 7) is 6.45. The van der Waals surface area contributed by atoms with Crippen molar-refractivity contribution in [2.75, 3.05) is 13.2 Å². The highest BCUT2D eigenvalue weighted by Gasteiger charge is 2.19. The number of esters is 3. The van der Waals surface area contributed by atoms with Gasteiger partial charge in [-0.1, -0.05) is 240 Å². The van der Waals surface area contributed by atoms with Gasteiger partial charge in [0, 0.05) is 19.3 Å². The fraction of sp³-hybridized carbons (Fsp3) is 0.708. The van der Waals surface area contributed by atoms with E-state index in [-0.39, 0.29) is 31.1 Å². The molecule has 0 fully saturated rings. The molecule has 0 spiro atoms. The summed E-state index contributed by atoms with van der Waals surface area (Å²) in [4.78, 5) is 38.2. The number of carbonyl (C=O) groups is 3. The lowest BCUT2D eigenvalue weighted by Crippen LogP contribution is -2.30. The molecular weight excluding hydrogens is 877 g/mol. The summed E-state index contributed by atoms with van der Waals surface area (Å²) in [6, 6.07) is 0. The maximum Gasteiger partial charge on any atom is 0.306 e. The molecule has 6 heteroatoms. The third-order valence-electron chi connectivity index (χ3n) is 12.5. The Hall–Kier alpha value is -3.67. The van der Waals surface area contributed by atoms with Gasteiger partial charge in [-0.2, -0.15) is 0 Å². The number of ether oxygens (including phenoxy) is 3. The molecule has 0 aliphatic rings. The van der Waals surface area contributed by atoms with Gasteiger partial charge in [0.05, 0.1) is 0 Å². The van der Waals surface area contributed by atoms with Crippen LogP contribution in [0.4, 0.5) is 0 Å². The van der Waals surface area contributed by atoms with Gasteiger partial charge in [0.1, 0.15) is 13.2 Å². The molecule has 0 radical (unpaired) electrons. The van der Waals surface area contributed by atoms with Gasteiger partial charge in [-0.15, -0.1) is 0 Å². The molecule has 0 bridgehead atoms. The molecule has 0 aromatic rings. The zero-order valence-electron chi connectivity index (χ0n) is 46.5. The van der Waals surface area contributed by atoms with Crippen molar-refractivity contribution in [2.45, 2.75) is 284 Å². The lowest BCUT2D eigenvalue weighted by molar-refractivity contribution is -0.167. The molecule has 71 heavy (non-hydrogen) atoms. The Kier molecular flexibility index (Phi) is 55.9. The molecule has 0 aliphatic carbocycles. The van der Waals surface area contributed by atoms with Crippen LogP contribution < -0.4 is 0 Å². The molecule has 0 aliphatic heterocycles. The summed E-state index contributed by atoms with van der Waals surface area (Å²) in [7, 11) is 0. The second-order valence-electron chi connectivity index (χ2n) is 19.5. The van der Waals surface area contributed by atoms with Crippen molar-refractivity contribution < 1.29 is 28.6 Å². The quantitative estimate of drug-likeness (QED) is 0.0261. The van der Waals surface area contributed by atoms with E-state index in [1.807, 2.05) is 0 Å². The van der Waals surface area contributed by atoms with Crippen molar-refractivity contribution in [2.24, 2.45) is 0 Å². The third-order valence-corrected chi connectivity index (χ3v) is 12.5. The van der Waals surface area contributed by atoms with E-state index in [2.05, 4.69) is 118 Å². The maximum atomic E-state index is 12.9. The van der Waals surface area contributed by atoms with E-state index in [1.54, 1.807) is 0 Å². The van der Waals surface area contributed by atoms with E-state index in [9.17, 15) is 14.4 Å². The standard InChI is InChI=1S/C65H110O6/c1-4-7-10-13-16-19-22-24-26-28-29-30-31-32-33-34-35-37-38-40-43-46-49-52-55-58-64(67)70-61-62(60-69-63(66)57-54-51-48-45-42-21-18-15-12-9-6-3)71-65(68)59-56-53-50-47-44-41-39-36-27-25-23-20-17-14-11-8-5-2/h7,10,15-20,24-27,29-30,32-33,62H,4-6,8-9,11-14,21-23,28,31,34-61H2,1-3H3/b10-7-,18-15-,19-16-,20-17-,26-24-,27-25-,30-29-,33-32-. The highest BCUT2D eigenvalue weighted by molar-refractivity contribution is 5.71. The zero-order valence-corrected chi connectivity index (χ0v) is 46.5. The van der Waals surface area contributed by atoms with Gasteiger partial charge >= 0.3 is 17.9 Å². The van der Waals surface area contributed by atoms with Gasteiger partial charge in [0.2, 0.25) is 0 Å². The Morgan fingerprint density at radius 2 is 0.563 bits per heavy atom. The predicted molar refractivity (Wildman–Crippen MR) is 307 cm³/mol. The monoisotopic (exact) mass is 987 g/mol. The van der Waals surface area contributed by atoms with Crippen molar-refractivity contribution in [1.29, 1.82) is 0 Å². The smallest absolute Gasteiger partial charge is 0.306 e. The highest BCUT2D eigenvalue weighted by Crippen LogP contribution is 2.15. The summed E-state index contributed by atoms with van der Waals surface area (Å²) >= 11 is 0. The number of carbonyl (C=O) groups excluding carboxylic acids is 3. The lowest BCUT2D eigenvalue weighted by Gasteiger charge is -2.18. The first-order valence-electron chi connectivity index (χ1n) is 29.7. The molecule has 0 rings (SSSR count). The SMILES string of the molecule is CC/C=C\C/C=C\C/C=C\C/C=C\C/C=C\CCCCCCCCCCCC(=O)OCC(COC(=O)CCCCCCC/C=C\CCCC)OC(=O)CCCCCCCCC/C=C\C/C=C\CCCCC. The lowest BCUT2D eigenvalue weighted by atomic mass is 10.1. The average molecular weight is 988 g/mol. The van der Waals surface area contributed by atoms with Crippen molar-refractivity contribution in [1.82, 2.24) is 0 Å². The van der Waals surface area contributed by atoms with Crippen molar-refractivity contribution in [3.8, 4) is 0 Å². The molecule has 0 aromatic heterocycles. The summed E-state index contributed by atoms with van der Waals surface area (Å²) in [5, 5.41) is 0. The van der Waals surface area contributed by atoms with E-state index < -0.39 is 6.10 Å². The number of rotatable bonds is 53. The Bertz CT molecular complexity index is 1410. The molecule has 1 atom stereocenters. The number of hydrogen-bond donors (Lipinski definition) is 0. The fourth-order valence-corrected chi connectivity index (χ4v) is 8.07. The number of allylic oxidation sites excluding steroid dienone is 16. The van der Waals surface area contributed by atoms with E-state index in [0.717, 1.165) is 116 Å². The predicted octanol–water partition coefficient (Wildman–Crippen LogP) is 20.1. The highest BCUT2D eigenvalue weighted by atomic mass is 16.6. The maximum absolute atomic E-state index is 12.9. The van der Waals surface area contributed by atoms with Gasteiger partial charge in [-0.05, 0) is 116 Å². The Balaban J connectivity index is 4.32. The van der Waals surface area contributed by atoms with Gasteiger partial charge < -0.3 is 14.2 Å². The Morgan fingerprint density at radius 1 is 0.296 bits per heavy atom. The van der Waals surface area contributed by atoms with Crippen LogP contribution in [-0.4, -0.2) is 37.2 Å². The van der Waals surface area contributed by atoms with Gasteiger partial charge in [0.15, 0.2) is 6.10 Å². The first-order chi connectivity index (χ1) is 35.0. The van der Waals surface area contributed by atoms with E-state index in [1.165, 1.54) is 122 Å². The van der Waals surface area contributed by atoms with Crippen LogP contribution in [0, 0.1) is 0 Å². The normalized spacial score (nSPS) is 12.8. The van der Waals surface area contributed by atoms with Crippen LogP contribution >= 0.6 is 0 Å². The van der Waals surface area contributed by atoms with Crippen molar-refractivity contribution in [3.63, 3.8) is 0 Å². The van der Waals surface area contributed by atoms with Crippen LogP contribution in [0.15, 0.2) is 97.2 Å². The van der Waals surface area contributed by atoms with Crippen molar-refractivity contribution >= 4 is 17.9 Å². The van der Waals surface area contributed by atoms with E-state index in [4.69, 9.17) is 14.2 Å². The van der Waals surface area contributed by atoms with Crippen LogP contribution in [-0.2, 0) is 28.6 Å². The summed E-state index contributed by atoms with van der Waals surface area (Å²) in [5.74, 6) is -0.906. The fourth-order valence-electron chi connectivity index (χ4n) is 8.07. The van der Waals surface area contributed by atoms with Crippen LogP contribution in [0.5, 0.6) is 0 Å². The minimum atomic E-state index is -0.788. The second-order valence-corrected chi connectivity index (χ2v) is 19.5. The minimum Gasteiger partial charge on any atom is -0.462 e. The molecule has 0 N–H and O–H groups in total. The third kappa shape index (κ3) is 57.1. The van der Waals surface area contributed by atoms with Crippen LogP contribution in [0.25, 0.3) is 0 Å². The van der Waals surface area contributed by atoms with E-state index >= 15 is 0 Å². The Morgan fingerprint density at radius 3 is 0.915 bits per heavy atom. The molecular formula is C65H110O6. The second kappa shape index (κ2) is 58.9. The van der Waals surface area contributed by atoms with Crippen LogP contribution in [0.3, 0.4) is 0 Å². The largest absolute Gasteiger partial charge is 0.462 e. The number of unbranched alkanes of at least 4 members (excludes halogenated alkanes) is 26. The van der Waals surface area contributed by atoms with Gasteiger partial charge in [-0.25, -0.2) is 0 Å². The summed E-state index contributed by atoms with van der Waals surface area (Å²) in [5.41, 5.74) is 0. The van der Waals surface area contributed by atoms with E-state index in [0.29, 0.717) is 19.3 Å². The first-order valence-corrected chi connectivity index (χ1v) is 29.7. The molecule has 0 saturated carbocycles. The molecule has 6 nitrogen and oxygen atoms in total. The number of hydrogen-bond acceptors (Lipinski definition) is 6.